The van der Waals surface area contributed by atoms with Crippen molar-refractivity contribution < 1.29 is 0 Å². The van der Waals surface area contributed by atoms with Gasteiger partial charge in [0.25, 0.3) is 0 Å². The molecule has 1 nitrogen and oxygen atoms in total. The Morgan fingerprint density at radius 1 is 0.882 bits per heavy atom. The Morgan fingerprint density at radius 2 is 1.65 bits per heavy atom. The third-order valence-corrected chi connectivity index (χ3v) is 3.59. The van der Waals surface area contributed by atoms with Crippen LogP contribution in [0.1, 0.15) is 0 Å². The summed E-state index contributed by atoms with van der Waals surface area (Å²) in [6.45, 7) is 0. The predicted octanol–water partition coefficient (Wildman–Crippen LogP) is 5.14. The zero-order chi connectivity index (χ0) is 11.8. The zero-order valence-corrected chi connectivity index (χ0v) is 10.4. The molecule has 0 aliphatic rings. The quantitative estimate of drug-likeness (QED) is 0.624. The molecule has 0 aliphatic heterocycles. The maximum atomic E-state index is 6.17. The van der Waals surface area contributed by atoms with E-state index < -0.39 is 0 Å². The minimum Gasteiger partial charge on any atom is -0.354 e. The van der Waals surface area contributed by atoms with E-state index >= 15 is 0 Å². The molecule has 0 radical (unpaired) electrons. The third-order valence-electron chi connectivity index (χ3n) is 2.78. The van der Waals surface area contributed by atoms with Crippen molar-refractivity contribution in [2.24, 2.45) is 0 Å². The Morgan fingerprint density at radius 3 is 2.41 bits per heavy atom. The van der Waals surface area contributed by atoms with E-state index in [2.05, 4.69) is 17.1 Å². The van der Waals surface area contributed by atoms with Gasteiger partial charge in [0.05, 0.1) is 10.0 Å². The molecule has 0 spiro atoms. The van der Waals surface area contributed by atoms with Crippen LogP contribution in [0.25, 0.3) is 22.2 Å². The summed E-state index contributed by atoms with van der Waals surface area (Å²) in [7, 11) is 0. The van der Waals surface area contributed by atoms with Crippen molar-refractivity contribution in [2.75, 3.05) is 0 Å². The number of aromatic amines is 1. The lowest BCUT2D eigenvalue weighted by Gasteiger charge is -1.95. The molecule has 0 amide bonds. The lowest BCUT2D eigenvalue weighted by atomic mass is 10.1. The third kappa shape index (κ3) is 1.82. The molecule has 0 saturated carbocycles. The smallest absolute Gasteiger partial charge is 0.0686 e. The van der Waals surface area contributed by atoms with Gasteiger partial charge in [-0.2, -0.15) is 0 Å². The predicted molar refractivity (Wildman–Crippen MR) is 73.8 cm³/mol. The molecule has 17 heavy (non-hydrogen) atoms. The minimum atomic E-state index is 0.581. The van der Waals surface area contributed by atoms with Crippen LogP contribution in [-0.4, -0.2) is 4.98 Å². The first kappa shape index (κ1) is 10.7. The summed E-state index contributed by atoms with van der Waals surface area (Å²) in [6, 6.07) is 15.9. The van der Waals surface area contributed by atoms with Gasteiger partial charge in [-0.1, -0.05) is 53.5 Å². The monoisotopic (exact) mass is 261 g/mol. The van der Waals surface area contributed by atoms with Gasteiger partial charge >= 0.3 is 0 Å². The Labute approximate surface area is 109 Å². The molecular weight excluding hydrogens is 253 g/mol. The summed E-state index contributed by atoms with van der Waals surface area (Å²) in [5.74, 6) is 0. The van der Waals surface area contributed by atoms with E-state index in [1.54, 1.807) is 6.07 Å². The molecule has 84 valence electrons. The fourth-order valence-electron chi connectivity index (χ4n) is 1.92. The van der Waals surface area contributed by atoms with Gasteiger partial charge < -0.3 is 4.98 Å². The van der Waals surface area contributed by atoms with Gasteiger partial charge in [-0.15, -0.1) is 0 Å². The number of aromatic nitrogens is 1. The topological polar surface area (TPSA) is 15.8 Å². The molecule has 2 aromatic carbocycles. The van der Waals surface area contributed by atoms with Crippen LogP contribution in [-0.2, 0) is 0 Å². The van der Waals surface area contributed by atoms with E-state index in [0.717, 1.165) is 22.2 Å². The molecule has 1 N–H and O–H groups in total. The molecule has 1 aromatic heterocycles. The summed E-state index contributed by atoms with van der Waals surface area (Å²) in [6.07, 6.45) is 0. The van der Waals surface area contributed by atoms with Crippen molar-refractivity contribution in [1.29, 1.82) is 0 Å². The highest BCUT2D eigenvalue weighted by atomic mass is 35.5. The zero-order valence-electron chi connectivity index (χ0n) is 8.87. The summed E-state index contributed by atoms with van der Waals surface area (Å²) in [4.78, 5) is 3.34. The average Bonchev–Trinajstić information content (AvgIpc) is 2.80. The molecular formula is C14H9Cl2N. The molecule has 0 aliphatic carbocycles. The number of H-pyrrole nitrogens is 1. The fraction of sp³-hybridized carbons (Fsp3) is 0. The molecule has 0 unspecified atom stereocenters. The number of hydrogen-bond acceptors (Lipinski definition) is 0. The maximum Gasteiger partial charge on any atom is 0.0686 e. The van der Waals surface area contributed by atoms with Crippen molar-refractivity contribution in [3.63, 3.8) is 0 Å². The average molecular weight is 262 g/mol. The van der Waals surface area contributed by atoms with Crippen LogP contribution in [0, 0.1) is 0 Å². The van der Waals surface area contributed by atoms with E-state index in [9.17, 15) is 0 Å². The van der Waals surface area contributed by atoms with Crippen molar-refractivity contribution in [3.8, 4) is 11.3 Å². The number of nitrogens with one attached hydrogen (secondary N) is 1. The highest BCUT2D eigenvalue weighted by Gasteiger charge is 2.08. The van der Waals surface area contributed by atoms with Crippen molar-refractivity contribution in [1.82, 2.24) is 4.98 Å². The van der Waals surface area contributed by atoms with E-state index in [1.165, 1.54) is 0 Å². The Hall–Kier alpha value is -1.44. The molecule has 0 fully saturated rings. The highest BCUT2D eigenvalue weighted by Crippen LogP contribution is 2.33. The van der Waals surface area contributed by atoms with Crippen molar-refractivity contribution >= 4 is 34.1 Å². The van der Waals surface area contributed by atoms with Gasteiger partial charge in [0, 0.05) is 16.6 Å². The van der Waals surface area contributed by atoms with Crippen LogP contribution < -0.4 is 0 Å². The van der Waals surface area contributed by atoms with Crippen LogP contribution >= 0.6 is 23.2 Å². The number of hydrogen-bond donors (Lipinski definition) is 1. The van der Waals surface area contributed by atoms with E-state index in [1.807, 2.05) is 30.3 Å². The van der Waals surface area contributed by atoms with Gasteiger partial charge in [-0.25, -0.2) is 0 Å². The lowest BCUT2D eigenvalue weighted by Crippen LogP contribution is -1.74. The molecule has 3 rings (SSSR count). The number of rotatable bonds is 1. The van der Waals surface area contributed by atoms with Crippen molar-refractivity contribution in [3.05, 3.63) is 58.6 Å². The Balaban J connectivity index is 2.24. The summed E-state index contributed by atoms with van der Waals surface area (Å²) in [5, 5.41) is 2.14. The van der Waals surface area contributed by atoms with Crippen molar-refractivity contribution in [2.45, 2.75) is 0 Å². The molecule has 3 heteroatoms. The Bertz CT molecular complexity index is 671. The standard InChI is InChI=1S/C14H9Cl2N/c15-11-6-7-12-10(14(11)16)8-13(17-12)9-4-2-1-3-5-9/h1-8,17H. The molecule has 1 heterocycles. The highest BCUT2D eigenvalue weighted by molar-refractivity contribution is 6.45. The second kappa shape index (κ2) is 4.10. The largest absolute Gasteiger partial charge is 0.354 e. The fourth-order valence-corrected chi connectivity index (χ4v) is 2.30. The second-order valence-corrected chi connectivity index (χ2v) is 4.66. The van der Waals surface area contributed by atoms with Gasteiger partial charge in [0.1, 0.15) is 0 Å². The lowest BCUT2D eigenvalue weighted by molar-refractivity contribution is 1.45. The number of halogens is 2. The van der Waals surface area contributed by atoms with E-state index in [0.29, 0.717) is 10.0 Å². The number of fused-ring (bicyclic) bond motifs is 1. The first-order valence-corrected chi connectivity index (χ1v) is 6.03. The molecule has 0 atom stereocenters. The SMILES string of the molecule is Clc1ccc2[nH]c(-c3ccccc3)cc2c1Cl. The van der Waals surface area contributed by atoms with Crippen LogP contribution in [0.5, 0.6) is 0 Å². The first-order valence-electron chi connectivity index (χ1n) is 5.28. The van der Waals surface area contributed by atoms with Crippen LogP contribution in [0.2, 0.25) is 10.0 Å². The van der Waals surface area contributed by atoms with Gasteiger partial charge in [-0.3, -0.25) is 0 Å². The molecule has 0 saturated heterocycles. The number of benzene rings is 2. The Kier molecular flexibility index (Phi) is 2.58. The summed E-state index contributed by atoms with van der Waals surface area (Å²) in [5.41, 5.74) is 3.18. The van der Waals surface area contributed by atoms with E-state index in [-0.39, 0.29) is 0 Å². The summed E-state index contributed by atoms with van der Waals surface area (Å²) < 4.78 is 0. The molecule has 0 bridgehead atoms. The van der Waals surface area contributed by atoms with Gasteiger partial charge in [0.2, 0.25) is 0 Å². The second-order valence-electron chi connectivity index (χ2n) is 3.87. The normalized spacial score (nSPS) is 10.9. The van der Waals surface area contributed by atoms with E-state index in [4.69, 9.17) is 23.2 Å². The van der Waals surface area contributed by atoms with Crippen LogP contribution in [0.4, 0.5) is 0 Å². The van der Waals surface area contributed by atoms with Crippen LogP contribution in [0.15, 0.2) is 48.5 Å². The summed E-state index contributed by atoms with van der Waals surface area (Å²) >= 11 is 12.2. The first-order chi connectivity index (χ1) is 8.25. The van der Waals surface area contributed by atoms with Gasteiger partial charge in [-0.05, 0) is 23.8 Å². The minimum absolute atomic E-state index is 0.581. The molecule has 3 aromatic rings. The van der Waals surface area contributed by atoms with Crippen LogP contribution in [0.3, 0.4) is 0 Å². The maximum absolute atomic E-state index is 6.17. The van der Waals surface area contributed by atoms with Gasteiger partial charge in [0.15, 0.2) is 0 Å².